The number of anilines is 1. The molecule has 1 fully saturated rings. The summed E-state index contributed by atoms with van der Waals surface area (Å²) < 4.78 is 8.17. The molecule has 1 saturated heterocycles. The number of piperazine rings is 1. The third kappa shape index (κ3) is 2.80. The Balaban J connectivity index is 1.83. The minimum absolute atomic E-state index is 0.0973. The van der Waals surface area contributed by atoms with Gasteiger partial charge in [-0.15, -0.1) is 0 Å². The van der Waals surface area contributed by atoms with Crippen molar-refractivity contribution < 1.29 is 9.59 Å². The summed E-state index contributed by atoms with van der Waals surface area (Å²) in [6.45, 7) is 0.314. The van der Waals surface area contributed by atoms with Crippen LogP contribution in [0.2, 0.25) is 10.0 Å². The van der Waals surface area contributed by atoms with Crippen LogP contribution in [0.5, 0.6) is 0 Å². The second kappa shape index (κ2) is 5.72. The molecular weight excluding hydrogens is 337 g/mol. The van der Waals surface area contributed by atoms with Gasteiger partial charge in [0.2, 0.25) is 11.8 Å². The van der Waals surface area contributed by atoms with Crippen LogP contribution in [0.1, 0.15) is 0 Å². The van der Waals surface area contributed by atoms with E-state index in [0.717, 1.165) is 11.4 Å². The number of fused-ring (bicyclic) bond motifs is 1. The molecule has 2 amide bonds. The van der Waals surface area contributed by atoms with Gasteiger partial charge in [-0.25, -0.2) is 0 Å². The molecule has 110 valence electrons. The number of carbonyl (C=O) groups excluding carboxylic acids is 2. The number of benzene rings is 1. The Morgan fingerprint density at radius 3 is 2.81 bits per heavy atom. The highest BCUT2D eigenvalue weighted by atomic mass is 35.5. The number of hydrogen-bond acceptors (Lipinski definition) is 5. The lowest BCUT2D eigenvalue weighted by molar-refractivity contribution is -0.124. The van der Waals surface area contributed by atoms with Gasteiger partial charge in [-0.2, -0.15) is 8.73 Å². The molecular formula is C11H9Cl2N5O2S. The first kappa shape index (κ1) is 14.5. The molecule has 2 heterocycles. The van der Waals surface area contributed by atoms with Crippen LogP contribution in [-0.4, -0.2) is 30.9 Å². The van der Waals surface area contributed by atoms with Crippen LogP contribution < -0.4 is 16.0 Å². The van der Waals surface area contributed by atoms with Gasteiger partial charge < -0.3 is 10.6 Å². The maximum absolute atomic E-state index is 12.2. The minimum Gasteiger partial charge on any atom is -0.353 e. The highest BCUT2D eigenvalue weighted by molar-refractivity contribution is 7.58. The predicted octanol–water partition coefficient (Wildman–Crippen LogP) is 1.75. The molecule has 10 heteroatoms. The van der Waals surface area contributed by atoms with Gasteiger partial charge >= 0.3 is 0 Å². The molecule has 3 rings (SSSR count). The fourth-order valence-corrected chi connectivity index (χ4v) is 3.11. The first-order chi connectivity index (χ1) is 10.1. The fraction of sp³-hybridized carbons (Fsp3) is 0.273. The molecule has 1 aromatic carbocycles. The van der Waals surface area contributed by atoms with E-state index in [2.05, 4.69) is 24.7 Å². The summed E-state index contributed by atoms with van der Waals surface area (Å²) in [5, 5.41) is 8.82. The summed E-state index contributed by atoms with van der Waals surface area (Å²) >= 11 is 13.1. The Kier molecular flexibility index (Phi) is 3.94. The molecule has 0 radical (unpaired) electrons. The van der Waals surface area contributed by atoms with Crippen LogP contribution >= 0.6 is 23.2 Å². The molecule has 0 aromatic heterocycles. The minimum atomic E-state index is -0.531. The Labute approximate surface area is 133 Å². The molecule has 21 heavy (non-hydrogen) atoms. The van der Waals surface area contributed by atoms with Gasteiger partial charge in [0.05, 0.1) is 33.6 Å². The van der Waals surface area contributed by atoms with E-state index in [9.17, 15) is 9.59 Å². The normalized spacial score (nSPS) is 19.7. The van der Waals surface area contributed by atoms with Crippen molar-refractivity contribution in [2.75, 3.05) is 18.4 Å². The van der Waals surface area contributed by atoms with Crippen molar-refractivity contribution in [2.24, 2.45) is 8.73 Å². The summed E-state index contributed by atoms with van der Waals surface area (Å²) in [5.74, 6) is -0.455. The van der Waals surface area contributed by atoms with Crippen LogP contribution in [0.15, 0.2) is 14.8 Å². The third-order valence-corrected chi connectivity index (χ3v) is 4.14. The van der Waals surface area contributed by atoms with E-state index in [1.165, 1.54) is 6.07 Å². The highest BCUT2D eigenvalue weighted by Gasteiger charge is 2.26. The molecule has 7 nitrogen and oxygen atoms in total. The van der Waals surface area contributed by atoms with Gasteiger partial charge in [0.15, 0.2) is 0 Å². The van der Waals surface area contributed by atoms with Crippen LogP contribution in [0.4, 0.5) is 17.1 Å². The SMILES string of the molecule is O=C1CNC(C(=O)Nc2c(Cl)cc(Cl)c3c2N=S=N3)CN1. The summed E-state index contributed by atoms with van der Waals surface area (Å²) in [5.41, 5.74) is 1.31. The number of nitrogens with zero attached hydrogens (tertiary/aromatic N) is 2. The first-order valence-corrected chi connectivity index (χ1v) is 7.46. The second-order valence-electron chi connectivity index (χ2n) is 4.40. The van der Waals surface area contributed by atoms with E-state index in [-0.39, 0.29) is 29.9 Å². The van der Waals surface area contributed by atoms with Crippen molar-refractivity contribution in [2.45, 2.75) is 6.04 Å². The van der Waals surface area contributed by atoms with Crippen LogP contribution in [0, 0.1) is 0 Å². The van der Waals surface area contributed by atoms with Crippen molar-refractivity contribution in [3.8, 4) is 0 Å². The summed E-state index contributed by atoms with van der Waals surface area (Å²) in [4.78, 5) is 23.3. The van der Waals surface area contributed by atoms with E-state index in [1.807, 2.05) is 0 Å². The van der Waals surface area contributed by atoms with Crippen molar-refractivity contribution in [3.63, 3.8) is 0 Å². The summed E-state index contributed by atoms with van der Waals surface area (Å²) in [6.07, 6.45) is 0. The Bertz CT molecular complexity index is 707. The van der Waals surface area contributed by atoms with Crippen molar-refractivity contribution in [1.82, 2.24) is 10.6 Å². The molecule has 2 aliphatic rings. The van der Waals surface area contributed by atoms with Gasteiger partial charge in [-0.3, -0.25) is 14.9 Å². The number of halogens is 2. The number of carbonyl (C=O) groups is 2. The van der Waals surface area contributed by atoms with E-state index < -0.39 is 6.04 Å². The molecule has 1 unspecified atom stereocenters. The zero-order valence-corrected chi connectivity index (χ0v) is 12.8. The lowest BCUT2D eigenvalue weighted by Crippen LogP contribution is -2.56. The first-order valence-electron chi connectivity index (χ1n) is 5.97. The Morgan fingerprint density at radius 2 is 2.10 bits per heavy atom. The van der Waals surface area contributed by atoms with E-state index >= 15 is 0 Å². The molecule has 0 spiro atoms. The molecule has 3 N–H and O–H groups in total. The average Bonchev–Trinajstić information content (AvgIpc) is 2.93. The van der Waals surface area contributed by atoms with Gasteiger partial charge in [0.25, 0.3) is 0 Å². The zero-order chi connectivity index (χ0) is 15.0. The lowest BCUT2D eigenvalue weighted by atomic mass is 10.2. The van der Waals surface area contributed by atoms with Crippen molar-refractivity contribution in [1.29, 1.82) is 0 Å². The van der Waals surface area contributed by atoms with Crippen molar-refractivity contribution >= 4 is 63.4 Å². The van der Waals surface area contributed by atoms with Gasteiger partial charge in [0, 0.05) is 6.54 Å². The second-order valence-corrected chi connectivity index (χ2v) is 5.75. The van der Waals surface area contributed by atoms with E-state index in [1.54, 1.807) is 0 Å². The predicted molar refractivity (Wildman–Crippen MR) is 81.4 cm³/mol. The van der Waals surface area contributed by atoms with Gasteiger partial charge in [-0.1, -0.05) is 23.2 Å². The Hall–Kier alpha value is -1.48. The molecule has 0 aliphatic carbocycles. The van der Waals surface area contributed by atoms with E-state index in [0.29, 0.717) is 22.1 Å². The number of nitrogens with one attached hydrogen (secondary N) is 3. The maximum atomic E-state index is 12.2. The number of hydrogen-bond donors (Lipinski definition) is 3. The smallest absolute Gasteiger partial charge is 0.243 e. The largest absolute Gasteiger partial charge is 0.353 e. The molecule has 0 saturated carbocycles. The topological polar surface area (TPSA) is 95.0 Å². The highest BCUT2D eigenvalue weighted by Crippen LogP contribution is 2.47. The quantitative estimate of drug-likeness (QED) is 0.773. The average molecular weight is 346 g/mol. The standard InChI is InChI=1S/C11H9Cl2N5O2S/c12-4-1-5(13)9-10(18-21-17-9)8(4)16-11(20)6-2-15-7(19)3-14-6/h1,6,14H,2-3H2,(H,15,19)(H,16,20). The zero-order valence-electron chi connectivity index (χ0n) is 10.4. The van der Waals surface area contributed by atoms with Crippen LogP contribution in [0.3, 0.4) is 0 Å². The van der Waals surface area contributed by atoms with E-state index in [4.69, 9.17) is 23.2 Å². The van der Waals surface area contributed by atoms with Crippen LogP contribution in [-0.2, 0) is 20.9 Å². The monoisotopic (exact) mass is 345 g/mol. The maximum Gasteiger partial charge on any atom is 0.243 e. The summed E-state index contributed by atoms with van der Waals surface area (Å²) in [7, 11) is 0. The Morgan fingerprint density at radius 1 is 1.33 bits per heavy atom. The molecule has 1 atom stereocenters. The van der Waals surface area contributed by atoms with Crippen LogP contribution in [0.25, 0.3) is 0 Å². The number of amides is 2. The van der Waals surface area contributed by atoms with Gasteiger partial charge in [0.1, 0.15) is 17.4 Å². The van der Waals surface area contributed by atoms with Crippen molar-refractivity contribution in [3.05, 3.63) is 16.1 Å². The third-order valence-electron chi connectivity index (χ3n) is 3.02. The molecule has 1 aromatic rings. The molecule has 0 bridgehead atoms. The summed E-state index contributed by atoms with van der Waals surface area (Å²) in [6, 6.07) is 0.981. The lowest BCUT2D eigenvalue weighted by Gasteiger charge is -2.23. The van der Waals surface area contributed by atoms with Gasteiger partial charge in [-0.05, 0) is 6.07 Å². The molecule has 2 aliphatic heterocycles. The fourth-order valence-electron chi connectivity index (χ4n) is 1.96. The number of rotatable bonds is 2.